The van der Waals surface area contributed by atoms with Crippen LogP contribution in [0.4, 0.5) is 0 Å². The highest BCUT2D eigenvalue weighted by Gasteiger charge is 2.07. The lowest BCUT2D eigenvalue weighted by Gasteiger charge is -1.99. The molecule has 0 aliphatic carbocycles. The van der Waals surface area contributed by atoms with Crippen LogP contribution in [0.25, 0.3) is 45.4 Å². The number of nitrogens with zero attached hydrogens (tertiary/aromatic N) is 2. The molecule has 0 N–H and O–H groups in total. The van der Waals surface area contributed by atoms with Crippen molar-refractivity contribution in [3.05, 3.63) is 117 Å². The van der Waals surface area contributed by atoms with E-state index in [1.165, 1.54) is 32.0 Å². The summed E-state index contributed by atoms with van der Waals surface area (Å²) >= 11 is 3.45. The van der Waals surface area contributed by atoms with E-state index in [2.05, 4.69) is 111 Å². The number of aryl methyl sites for hydroxylation is 2. The van der Waals surface area contributed by atoms with Crippen molar-refractivity contribution in [3.8, 4) is 21.1 Å². The van der Waals surface area contributed by atoms with Crippen molar-refractivity contribution in [2.45, 2.75) is 13.8 Å². The van der Waals surface area contributed by atoms with Gasteiger partial charge in [0.25, 0.3) is 0 Å². The summed E-state index contributed by atoms with van der Waals surface area (Å²) in [5.74, 6) is 0. The molecule has 0 spiro atoms. The second-order valence-electron chi connectivity index (χ2n) is 8.18. The molecular formula is C30H24N2S2. The lowest BCUT2D eigenvalue weighted by Crippen LogP contribution is -1.85. The number of hydrogen-bond acceptors (Lipinski definition) is 4. The Hall–Kier alpha value is -3.60. The van der Waals surface area contributed by atoms with Crippen LogP contribution in [0.2, 0.25) is 0 Å². The van der Waals surface area contributed by atoms with Crippen LogP contribution in [0, 0.1) is 13.8 Å². The fraction of sp³-hybridized carbons (Fsp3) is 0.0667. The van der Waals surface area contributed by atoms with Gasteiger partial charge in [-0.25, -0.2) is 0 Å². The van der Waals surface area contributed by atoms with Gasteiger partial charge in [0.1, 0.15) is 0 Å². The summed E-state index contributed by atoms with van der Waals surface area (Å²) in [5.41, 5.74) is 6.76. The normalized spacial score (nSPS) is 11.6. The fourth-order valence-corrected chi connectivity index (χ4v) is 5.20. The molecule has 5 aromatic rings. The first-order chi connectivity index (χ1) is 16.6. The fourth-order valence-electron chi connectivity index (χ4n) is 3.45. The highest BCUT2D eigenvalue weighted by atomic mass is 32.1. The second-order valence-corrected chi connectivity index (χ2v) is 10.4. The Morgan fingerprint density at radius 1 is 0.500 bits per heavy atom. The van der Waals surface area contributed by atoms with Gasteiger partial charge in [0.15, 0.2) is 0 Å². The smallest absolute Gasteiger partial charge is 0.0985 e. The Morgan fingerprint density at radius 2 is 0.912 bits per heavy atom. The lowest BCUT2D eigenvalue weighted by molar-refractivity contribution is 1.22. The molecule has 166 valence electrons. The molecule has 0 aliphatic heterocycles. The third kappa shape index (κ3) is 5.48. The lowest BCUT2D eigenvalue weighted by atomic mass is 10.1. The topological polar surface area (TPSA) is 25.8 Å². The average molecular weight is 477 g/mol. The summed E-state index contributed by atoms with van der Waals surface area (Å²) in [7, 11) is 0. The summed E-state index contributed by atoms with van der Waals surface area (Å²) in [6.45, 7) is 4.21. The van der Waals surface area contributed by atoms with Crippen LogP contribution in [0.3, 0.4) is 0 Å². The van der Waals surface area contributed by atoms with E-state index in [9.17, 15) is 0 Å². The van der Waals surface area contributed by atoms with Gasteiger partial charge >= 0.3 is 0 Å². The van der Waals surface area contributed by atoms with E-state index in [1.807, 2.05) is 12.4 Å². The van der Waals surface area contributed by atoms with Crippen LogP contribution in [-0.4, -0.2) is 9.97 Å². The molecule has 3 aromatic heterocycles. The van der Waals surface area contributed by atoms with Gasteiger partial charge in [0, 0.05) is 9.75 Å². The zero-order chi connectivity index (χ0) is 23.3. The van der Waals surface area contributed by atoms with Gasteiger partial charge in [-0.2, -0.15) is 0 Å². The van der Waals surface area contributed by atoms with Crippen molar-refractivity contribution in [1.82, 2.24) is 9.97 Å². The van der Waals surface area contributed by atoms with E-state index in [0.29, 0.717) is 0 Å². The van der Waals surface area contributed by atoms with E-state index in [1.54, 1.807) is 22.7 Å². The largest absolute Gasteiger partial charge is 0.251 e. The molecule has 0 amide bonds. The second kappa shape index (κ2) is 10.1. The van der Waals surface area contributed by atoms with E-state index in [4.69, 9.17) is 9.97 Å². The van der Waals surface area contributed by atoms with Crippen molar-refractivity contribution >= 4 is 47.0 Å². The molecule has 0 bridgehead atoms. The van der Waals surface area contributed by atoms with Gasteiger partial charge < -0.3 is 0 Å². The molecule has 2 aromatic carbocycles. The Bertz CT molecular complexity index is 1320. The maximum atomic E-state index is 4.69. The Morgan fingerprint density at radius 3 is 1.29 bits per heavy atom. The minimum absolute atomic E-state index is 0.903. The number of hydrogen-bond donors (Lipinski definition) is 0. The molecule has 0 fully saturated rings. The number of rotatable bonds is 6. The van der Waals surface area contributed by atoms with Crippen molar-refractivity contribution < 1.29 is 0 Å². The zero-order valence-corrected chi connectivity index (χ0v) is 20.7. The molecular weight excluding hydrogens is 452 g/mol. The van der Waals surface area contributed by atoms with Crippen molar-refractivity contribution in [2.75, 3.05) is 0 Å². The Labute approximate surface area is 208 Å². The predicted molar refractivity (Wildman–Crippen MR) is 149 cm³/mol. The van der Waals surface area contributed by atoms with Gasteiger partial charge in [0.2, 0.25) is 0 Å². The molecule has 0 saturated heterocycles. The molecule has 0 unspecified atom stereocenters. The van der Waals surface area contributed by atoms with Gasteiger partial charge in [-0.1, -0.05) is 71.8 Å². The molecule has 2 nitrogen and oxygen atoms in total. The van der Waals surface area contributed by atoms with Crippen LogP contribution in [0.15, 0.2) is 85.2 Å². The SMILES string of the molecule is Cc1ccc(/C=C/c2ccc(-c3cnc(-c4ccc(/C=C/c5ccc(C)cc5)s4)cn3)s2)cc1. The highest BCUT2D eigenvalue weighted by Crippen LogP contribution is 2.31. The number of benzene rings is 2. The maximum absolute atomic E-state index is 4.69. The third-order valence-electron chi connectivity index (χ3n) is 5.45. The average Bonchev–Trinajstić information content (AvgIpc) is 3.54. The van der Waals surface area contributed by atoms with E-state index < -0.39 is 0 Å². The van der Waals surface area contributed by atoms with E-state index in [-0.39, 0.29) is 0 Å². The highest BCUT2D eigenvalue weighted by molar-refractivity contribution is 7.16. The van der Waals surface area contributed by atoms with Crippen LogP contribution in [-0.2, 0) is 0 Å². The van der Waals surface area contributed by atoms with Crippen LogP contribution >= 0.6 is 22.7 Å². The third-order valence-corrected chi connectivity index (χ3v) is 7.59. The Kier molecular flexibility index (Phi) is 6.61. The predicted octanol–water partition coefficient (Wildman–Crippen LogP) is 8.89. The first kappa shape index (κ1) is 22.2. The summed E-state index contributed by atoms with van der Waals surface area (Å²) in [4.78, 5) is 14.0. The quantitative estimate of drug-likeness (QED) is 0.244. The molecule has 3 heterocycles. The molecule has 34 heavy (non-hydrogen) atoms. The number of aromatic nitrogens is 2. The minimum Gasteiger partial charge on any atom is -0.251 e. The van der Waals surface area contributed by atoms with Gasteiger partial charge in [0.05, 0.1) is 33.5 Å². The zero-order valence-electron chi connectivity index (χ0n) is 19.1. The first-order valence-electron chi connectivity index (χ1n) is 11.1. The maximum Gasteiger partial charge on any atom is 0.0985 e. The van der Waals surface area contributed by atoms with Gasteiger partial charge in [-0.3, -0.25) is 9.97 Å². The van der Waals surface area contributed by atoms with Crippen LogP contribution < -0.4 is 0 Å². The summed E-state index contributed by atoms with van der Waals surface area (Å²) in [6, 6.07) is 25.6. The van der Waals surface area contributed by atoms with Crippen molar-refractivity contribution in [2.24, 2.45) is 0 Å². The summed E-state index contributed by atoms with van der Waals surface area (Å²) < 4.78 is 0. The number of thiophene rings is 2. The molecule has 5 rings (SSSR count). The summed E-state index contributed by atoms with van der Waals surface area (Å²) in [6.07, 6.45) is 12.3. The molecule has 0 atom stereocenters. The van der Waals surface area contributed by atoms with E-state index in [0.717, 1.165) is 21.1 Å². The first-order valence-corrected chi connectivity index (χ1v) is 12.8. The monoisotopic (exact) mass is 476 g/mol. The molecule has 0 aliphatic rings. The summed E-state index contributed by atoms with van der Waals surface area (Å²) in [5, 5.41) is 0. The van der Waals surface area contributed by atoms with Gasteiger partial charge in [-0.05, 0) is 61.4 Å². The van der Waals surface area contributed by atoms with Crippen molar-refractivity contribution in [1.29, 1.82) is 0 Å². The standard InChI is InChI=1S/C30H24N2S2/c1-21-3-7-23(8-4-21)11-13-25-15-17-29(33-25)27-19-32-28(20-31-27)30-18-16-26(34-30)14-12-24-9-5-22(2)6-10-24/h3-20H,1-2H3/b13-11+,14-12+. The van der Waals surface area contributed by atoms with Crippen LogP contribution in [0.1, 0.15) is 32.0 Å². The Balaban J connectivity index is 1.26. The molecule has 0 radical (unpaired) electrons. The minimum atomic E-state index is 0.903. The molecule has 0 saturated carbocycles. The van der Waals surface area contributed by atoms with Crippen molar-refractivity contribution in [3.63, 3.8) is 0 Å². The molecule has 4 heteroatoms. The van der Waals surface area contributed by atoms with E-state index >= 15 is 0 Å². The van der Waals surface area contributed by atoms with Gasteiger partial charge in [-0.15, -0.1) is 22.7 Å². The van der Waals surface area contributed by atoms with Crippen LogP contribution in [0.5, 0.6) is 0 Å².